The molecule has 3 fully saturated rings. The molecule has 0 unspecified atom stereocenters. The molecule has 0 aromatic heterocycles. The number of piperidine rings is 3. The van der Waals surface area contributed by atoms with E-state index in [4.69, 9.17) is 0 Å². The number of carbonyl (C=O) groups is 16. The van der Waals surface area contributed by atoms with Crippen molar-refractivity contribution in [3.05, 3.63) is 0 Å². The van der Waals surface area contributed by atoms with Crippen molar-refractivity contribution >= 4 is 100 Å². The molecule has 5 aliphatic heterocycles. The van der Waals surface area contributed by atoms with Crippen LogP contribution in [0.4, 0.5) is 0 Å². The molecular formula is C82H141N18O16+. The molecule has 3 saturated heterocycles. The molecule has 5 aliphatic rings. The highest BCUT2D eigenvalue weighted by Gasteiger charge is 2.49. The van der Waals surface area contributed by atoms with E-state index in [1.807, 2.05) is 34.6 Å². The van der Waals surface area contributed by atoms with E-state index < -0.39 is 165 Å². The fourth-order valence-electron chi connectivity index (χ4n) is 15.3. The largest absolute Gasteiger partial charge is 0.354 e. The van der Waals surface area contributed by atoms with Crippen molar-refractivity contribution in [1.82, 2.24) is 88.7 Å². The molecule has 0 radical (unpaired) electrons. The molecular weight excluding hydrogens is 1490 g/mol. The molecule has 13 N–H and O–H groups in total. The van der Waals surface area contributed by atoms with E-state index in [9.17, 15) is 76.7 Å². The van der Waals surface area contributed by atoms with Gasteiger partial charge >= 0.3 is 0 Å². The van der Waals surface area contributed by atoms with Gasteiger partial charge in [-0.3, -0.25) is 86.2 Å². The first-order chi connectivity index (χ1) is 53.8. The summed E-state index contributed by atoms with van der Waals surface area (Å²) in [5.74, 6) is -8.34. The van der Waals surface area contributed by atoms with Crippen LogP contribution in [0.3, 0.4) is 0 Å². The summed E-state index contributed by atoms with van der Waals surface area (Å²) in [5, 5.41) is 35.7. The van der Waals surface area contributed by atoms with Crippen molar-refractivity contribution in [2.45, 2.75) is 336 Å². The summed E-state index contributed by atoms with van der Waals surface area (Å²) in [5.41, 5.74) is -11.0. The lowest BCUT2D eigenvalue weighted by Gasteiger charge is -2.42. The third-order valence-electron chi connectivity index (χ3n) is 22.6. The normalized spacial score (nSPS) is 19.4. The van der Waals surface area contributed by atoms with Gasteiger partial charge in [0.25, 0.3) is 0 Å². The van der Waals surface area contributed by atoms with Gasteiger partial charge in [-0.25, -0.2) is 0 Å². The highest BCUT2D eigenvalue weighted by atomic mass is 16.2. The number of nitrogens with one attached hydrogen (secondary N) is 13. The number of likely N-dealkylation sites (tertiary alicyclic amines) is 3. The highest BCUT2D eigenvalue weighted by Crippen LogP contribution is 2.28. The minimum absolute atomic E-state index is 0.0602. The molecule has 8 atom stereocenters. The van der Waals surface area contributed by atoms with Gasteiger partial charge in [0.2, 0.25) is 100 Å². The number of hydrogen-bond acceptors (Lipinski definition) is 17. The standard InChI is InChI=1S/C82H140N18O16/c1-22-81(20,72(113)86-54(44-50(3)4)49-97-40-31-39-96-38-30-35-63(96)97)92-65(106)56(46-52(7)8)87-61(103)47-85-69(110)76(10,11)90-67(108)58-33-25-28-42-99(58)75(116)80(18,19)94-71(112)78(14,15)89-62(104)48-84-60(102)36-37-83-64(105)55(45-51(5)6)88-70(111)77(12,13)95-73(114)82(21,23-2)93-68(109)59-34-26-29-43-100(59)74(115)79(16,17)91-66(107)57-32-24-27-41-98(57)53(9)101/h50-52,54-59H,22-49H2,1-21H3,(H12-,83,84,85,86,87,88,89,90,91,92,93,94,95,102,103,104,105,106,107,108,109,110,111,112,113,114)/p+1/t54-,55-,56-,57-,58-,59-,81-,82-/m0/s1. The lowest BCUT2D eigenvalue weighted by Crippen LogP contribution is -2.67. The van der Waals surface area contributed by atoms with E-state index in [0.717, 1.165) is 58.2 Å². The molecule has 34 heteroatoms. The molecule has 5 rings (SSSR count). The average Bonchev–Trinajstić information content (AvgIpc) is 1.01. The Kier molecular flexibility index (Phi) is 35.2. The van der Waals surface area contributed by atoms with Crippen LogP contribution in [0.1, 0.15) is 261 Å². The summed E-state index contributed by atoms with van der Waals surface area (Å²) < 4.78 is 2.43. The minimum Gasteiger partial charge on any atom is -0.354 e. The predicted octanol–water partition coefficient (Wildman–Crippen LogP) is 1.44. The molecule has 0 bridgehead atoms. The van der Waals surface area contributed by atoms with Gasteiger partial charge in [-0.05, 0) is 197 Å². The Hall–Kier alpha value is -9.01. The van der Waals surface area contributed by atoms with Gasteiger partial charge < -0.3 is 83.8 Å². The summed E-state index contributed by atoms with van der Waals surface area (Å²) in [7, 11) is 0. The maximum Gasteiger partial charge on any atom is 0.248 e. The van der Waals surface area contributed by atoms with Crippen LogP contribution in [-0.4, -0.2) is 265 Å². The van der Waals surface area contributed by atoms with E-state index in [0.29, 0.717) is 51.1 Å². The second-order valence-electron chi connectivity index (χ2n) is 36.7. The zero-order valence-corrected chi connectivity index (χ0v) is 73.3. The zero-order valence-electron chi connectivity index (χ0n) is 73.3. The third-order valence-corrected chi connectivity index (χ3v) is 22.6. The Morgan fingerprint density at radius 3 is 1.38 bits per heavy atom. The van der Waals surface area contributed by atoms with Gasteiger partial charge in [0.05, 0.1) is 45.2 Å². The Balaban J connectivity index is 1.08. The van der Waals surface area contributed by atoms with E-state index in [1.165, 1.54) is 89.8 Å². The van der Waals surface area contributed by atoms with E-state index >= 15 is 0 Å². The fourth-order valence-corrected chi connectivity index (χ4v) is 15.3. The molecule has 0 spiro atoms. The molecule has 5 heterocycles. The highest BCUT2D eigenvalue weighted by molar-refractivity contribution is 6.03. The SMILES string of the molecule is CC[C@](C)(NC(=O)[C@H](CC(C)C)NC(=O)CNC(=O)C(C)(C)NC(=O)[C@@H]1CCCCN1C(=O)C(C)(C)NC(=O)C(C)(C)NC(=O)CNC(=O)CCNC(=O)[C@H](CC(C)C)NC(=O)C(C)(C)NC(=O)[C@](C)(CC)NC(=O)[C@@H]1CCCCN1C(=O)C(C)(C)NC(=O)[C@@H]1CCCCN1C(C)=O)C(=O)N[C@@H](CC(C)C)CN1CCC[N+]2=C1CCC2. The van der Waals surface area contributed by atoms with Crippen LogP contribution in [0.15, 0.2) is 0 Å². The molecule has 16 amide bonds. The summed E-state index contributed by atoms with van der Waals surface area (Å²) in [4.78, 5) is 228. The lowest BCUT2D eigenvalue weighted by atomic mass is 9.91. The maximum atomic E-state index is 14.4. The Morgan fingerprint density at radius 2 is 0.853 bits per heavy atom. The van der Waals surface area contributed by atoms with E-state index in [-0.39, 0.29) is 94.3 Å². The Bertz CT molecular complexity index is 3630. The maximum absolute atomic E-state index is 14.4. The van der Waals surface area contributed by atoms with Gasteiger partial charge in [-0.1, -0.05) is 55.4 Å². The van der Waals surface area contributed by atoms with Crippen LogP contribution in [-0.2, 0) is 76.7 Å². The molecule has 0 aromatic rings. The fraction of sp³-hybridized carbons (Fsp3) is 0.793. The summed E-state index contributed by atoms with van der Waals surface area (Å²) in [6.45, 7) is 37.2. The van der Waals surface area contributed by atoms with Crippen molar-refractivity contribution in [1.29, 1.82) is 0 Å². The number of amidine groups is 1. The van der Waals surface area contributed by atoms with Crippen LogP contribution in [0, 0.1) is 17.8 Å². The van der Waals surface area contributed by atoms with Crippen molar-refractivity contribution in [2.24, 2.45) is 17.8 Å². The topological polar surface area (TPSA) is 445 Å². The number of rotatable bonds is 39. The van der Waals surface area contributed by atoms with Gasteiger partial charge in [-0.2, -0.15) is 0 Å². The lowest BCUT2D eigenvalue weighted by molar-refractivity contribution is -0.530. The quantitative estimate of drug-likeness (QED) is 0.0387. The summed E-state index contributed by atoms with van der Waals surface area (Å²) in [6.07, 6.45) is 9.00. The number of nitrogens with zero attached hydrogens (tertiary/aromatic N) is 5. The molecule has 0 saturated carbocycles. The minimum atomic E-state index is -1.67. The first-order valence-electron chi connectivity index (χ1n) is 42.1. The smallest absolute Gasteiger partial charge is 0.248 e. The number of amides is 16. The molecule has 0 aromatic carbocycles. The van der Waals surface area contributed by atoms with Crippen molar-refractivity contribution in [2.75, 3.05) is 65.4 Å². The van der Waals surface area contributed by atoms with Gasteiger partial charge in [0.1, 0.15) is 75.5 Å². The van der Waals surface area contributed by atoms with E-state index in [1.54, 1.807) is 27.7 Å². The van der Waals surface area contributed by atoms with Crippen LogP contribution >= 0.6 is 0 Å². The second-order valence-corrected chi connectivity index (χ2v) is 36.7. The monoisotopic (exact) mass is 1630 g/mol. The molecule has 116 heavy (non-hydrogen) atoms. The first kappa shape index (κ1) is 97.6. The molecule has 34 nitrogen and oxygen atoms in total. The van der Waals surface area contributed by atoms with Gasteiger partial charge in [-0.15, -0.1) is 0 Å². The number of carbonyl (C=O) groups excluding carboxylic acids is 16. The van der Waals surface area contributed by atoms with Gasteiger partial charge in [0, 0.05) is 45.9 Å². The van der Waals surface area contributed by atoms with Crippen molar-refractivity contribution in [3.8, 4) is 0 Å². The Morgan fingerprint density at radius 1 is 0.405 bits per heavy atom. The molecule has 654 valence electrons. The van der Waals surface area contributed by atoms with Gasteiger partial charge in [0.15, 0.2) is 0 Å². The summed E-state index contributed by atoms with van der Waals surface area (Å²) in [6, 6.07) is -5.19. The Labute approximate surface area is 686 Å². The van der Waals surface area contributed by atoms with Crippen LogP contribution in [0.2, 0.25) is 0 Å². The third kappa shape index (κ3) is 27.6. The number of hydrogen-bond donors (Lipinski definition) is 13. The average molecular weight is 1640 g/mol. The van der Waals surface area contributed by atoms with Crippen LogP contribution in [0.5, 0.6) is 0 Å². The van der Waals surface area contributed by atoms with E-state index in [2.05, 4.69) is 92.4 Å². The van der Waals surface area contributed by atoms with Crippen molar-refractivity contribution in [3.63, 3.8) is 0 Å². The molecule has 0 aliphatic carbocycles. The first-order valence-corrected chi connectivity index (χ1v) is 42.1. The van der Waals surface area contributed by atoms with Crippen LogP contribution < -0.4 is 69.1 Å². The predicted molar refractivity (Wildman–Crippen MR) is 437 cm³/mol. The zero-order chi connectivity index (χ0) is 87.4. The second kappa shape index (κ2) is 41.9. The van der Waals surface area contributed by atoms with Crippen LogP contribution in [0.25, 0.3) is 0 Å². The van der Waals surface area contributed by atoms with Crippen molar-refractivity contribution < 1.29 is 81.3 Å². The summed E-state index contributed by atoms with van der Waals surface area (Å²) >= 11 is 0.